The van der Waals surface area contributed by atoms with Crippen LogP contribution in [0, 0.1) is 12.3 Å². The third-order valence-electron chi connectivity index (χ3n) is 3.96. The van der Waals surface area contributed by atoms with Crippen LogP contribution in [0.25, 0.3) is 0 Å². The molecule has 0 bridgehead atoms. The van der Waals surface area contributed by atoms with E-state index in [9.17, 15) is 5.11 Å². The lowest BCUT2D eigenvalue weighted by molar-refractivity contribution is 0.0980. The molecule has 1 aromatic heterocycles. The number of aliphatic hydroxyl groups excluding tert-OH is 1. The van der Waals surface area contributed by atoms with Crippen LogP contribution in [0.2, 0.25) is 0 Å². The van der Waals surface area contributed by atoms with Crippen LogP contribution in [0.5, 0.6) is 0 Å². The summed E-state index contributed by atoms with van der Waals surface area (Å²) < 4.78 is 2.39. The number of aromatic nitrogens is 1. The molecular formula is C16H25NO. The molecular weight excluding hydrogens is 222 g/mol. The predicted molar refractivity (Wildman–Crippen MR) is 75.7 cm³/mol. The van der Waals surface area contributed by atoms with Crippen molar-refractivity contribution in [2.75, 3.05) is 0 Å². The van der Waals surface area contributed by atoms with Gasteiger partial charge in [0.15, 0.2) is 0 Å². The molecule has 2 nitrogen and oxygen atoms in total. The van der Waals surface area contributed by atoms with Crippen molar-refractivity contribution in [3.63, 3.8) is 0 Å². The minimum Gasteiger partial charge on any atom is -0.388 e. The van der Waals surface area contributed by atoms with Crippen molar-refractivity contribution in [3.8, 4) is 0 Å². The minimum atomic E-state index is -0.287. The highest BCUT2D eigenvalue weighted by Gasteiger charge is 2.33. The largest absolute Gasteiger partial charge is 0.388 e. The maximum absolute atomic E-state index is 10.3. The highest BCUT2D eigenvalue weighted by atomic mass is 16.3. The number of allylic oxidation sites excluding steroid dienone is 2. The van der Waals surface area contributed by atoms with E-state index in [1.54, 1.807) is 0 Å². The van der Waals surface area contributed by atoms with Gasteiger partial charge in [0.1, 0.15) is 0 Å². The van der Waals surface area contributed by atoms with E-state index in [1.807, 2.05) is 0 Å². The van der Waals surface area contributed by atoms with Crippen LogP contribution in [-0.2, 0) is 13.0 Å². The molecule has 0 saturated carbocycles. The molecule has 1 N–H and O–H groups in total. The zero-order valence-corrected chi connectivity index (χ0v) is 12.0. The van der Waals surface area contributed by atoms with E-state index in [1.165, 1.54) is 11.4 Å². The van der Waals surface area contributed by atoms with E-state index < -0.39 is 0 Å². The molecule has 1 aliphatic carbocycles. The lowest BCUT2D eigenvalue weighted by Crippen LogP contribution is -2.26. The van der Waals surface area contributed by atoms with Crippen LogP contribution in [0.1, 0.15) is 56.7 Å². The summed E-state index contributed by atoms with van der Waals surface area (Å²) in [5, 5.41) is 10.3. The van der Waals surface area contributed by atoms with Gasteiger partial charge in [-0.2, -0.15) is 0 Å². The van der Waals surface area contributed by atoms with Crippen LogP contribution in [0.15, 0.2) is 18.2 Å². The van der Waals surface area contributed by atoms with Gasteiger partial charge in [0.05, 0.1) is 6.10 Å². The molecule has 0 amide bonds. The van der Waals surface area contributed by atoms with Crippen LogP contribution in [-0.4, -0.2) is 9.67 Å². The summed E-state index contributed by atoms with van der Waals surface area (Å²) in [6, 6.07) is 2.17. The molecule has 0 aliphatic heterocycles. The summed E-state index contributed by atoms with van der Waals surface area (Å²) in [5.74, 6) is 0. The van der Waals surface area contributed by atoms with Gasteiger partial charge in [0.2, 0.25) is 0 Å². The summed E-state index contributed by atoms with van der Waals surface area (Å²) in [7, 11) is 0. The molecule has 2 rings (SSSR count). The van der Waals surface area contributed by atoms with E-state index in [2.05, 4.69) is 50.5 Å². The molecule has 0 spiro atoms. The van der Waals surface area contributed by atoms with Crippen molar-refractivity contribution in [1.82, 2.24) is 4.57 Å². The molecule has 0 fully saturated rings. The van der Waals surface area contributed by atoms with Gasteiger partial charge in [-0.05, 0) is 44.6 Å². The summed E-state index contributed by atoms with van der Waals surface area (Å²) in [4.78, 5) is 0. The van der Waals surface area contributed by atoms with Gasteiger partial charge in [-0.25, -0.2) is 0 Å². The number of aryl methyl sites for hydroxylation is 1. The first kappa shape index (κ1) is 13.4. The molecule has 0 saturated heterocycles. The molecule has 1 atom stereocenters. The fourth-order valence-electron chi connectivity index (χ4n) is 3.08. The Kier molecular flexibility index (Phi) is 3.67. The molecule has 1 aromatic rings. The zero-order chi connectivity index (χ0) is 13.3. The van der Waals surface area contributed by atoms with Gasteiger partial charge in [-0.15, -0.1) is 0 Å². The monoisotopic (exact) mass is 247 g/mol. The first-order valence-electron chi connectivity index (χ1n) is 6.93. The molecule has 1 aliphatic rings. The topological polar surface area (TPSA) is 25.2 Å². The molecule has 0 radical (unpaired) electrons. The Morgan fingerprint density at radius 2 is 2.22 bits per heavy atom. The van der Waals surface area contributed by atoms with E-state index in [0.717, 1.165) is 31.4 Å². The predicted octanol–water partition coefficient (Wildman–Crippen LogP) is 3.77. The number of hydrogen-bond donors (Lipinski definition) is 1. The normalized spacial score (nSPS) is 22.4. The smallest absolute Gasteiger partial charge is 0.0812 e. The van der Waals surface area contributed by atoms with Crippen LogP contribution < -0.4 is 0 Å². The van der Waals surface area contributed by atoms with Gasteiger partial charge in [-0.1, -0.05) is 26.0 Å². The first-order chi connectivity index (χ1) is 8.44. The second-order valence-corrected chi connectivity index (χ2v) is 6.26. The summed E-state index contributed by atoms with van der Waals surface area (Å²) in [6.45, 7) is 9.72. The highest BCUT2D eigenvalue weighted by molar-refractivity contribution is 5.33. The second kappa shape index (κ2) is 4.93. The van der Waals surface area contributed by atoms with Crippen molar-refractivity contribution >= 4 is 0 Å². The van der Waals surface area contributed by atoms with Crippen molar-refractivity contribution in [3.05, 3.63) is 35.2 Å². The molecule has 100 valence electrons. The summed E-state index contributed by atoms with van der Waals surface area (Å²) >= 11 is 0. The fourth-order valence-corrected chi connectivity index (χ4v) is 3.08. The Morgan fingerprint density at radius 3 is 2.89 bits per heavy atom. The molecule has 2 heteroatoms. The summed E-state index contributed by atoms with van der Waals surface area (Å²) in [6.07, 6.45) is 7.03. The quantitative estimate of drug-likeness (QED) is 0.808. The van der Waals surface area contributed by atoms with Crippen molar-refractivity contribution in [2.24, 2.45) is 5.41 Å². The second-order valence-electron chi connectivity index (χ2n) is 6.26. The lowest BCUT2D eigenvalue weighted by atomic mass is 9.75. The maximum Gasteiger partial charge on any atom is 0.0812 e. The van der Waals surface area contributed by atoms with Crippen LogP contribution >= 0.6 is 0 Å². The van der Waals surface area contributed by atoms with Gasteiger partial charge in [0, 0.05) is 23.5 Å². The molecule has 0 aromatic carbocycles. The Hall–Kier alpha value is -1.02. The third kappa shape index (κ3) is 2.54. The number of fused-ring (bicyclic) bond motifs is 1. The average molecular weight is 247 g/mol. The fraction of sp³-hybridized carbons (Fsp3) is 0.625. The Morgan fingerprint density at radius 1 is 1.50 bits per heavy atom. The molecule has 18 heavy (non-hydrogen) atoms. The maximum atomic E-state index is 10.3. The van der Waals surface area contributed by atoms with Gasteiger partial charge in [0.25, 0.3) is 0 Å². The van der Waals surface area contributed by atoms with E-state index >= 15 is 0 Å². The standard InChI is InChI=1S/C16H25NO/c1-5-6-7-8-17-12(2)9-13-14(17)10-16(3,4)11-15(13)18/h5-6,9,15,18H,7-8,10-11H2,1-4H3/b6-5+. The Balaban J connectivity index is 2.32. The first-order valence-corrected chi connectivity index (χ1v) is 6.93. The van der Waals surface area contributed by atoms with Gasteiger partial charge in [-0.3, -0.25) is 0 Å². The number of aliphatic hydroxyl groups is 1. The zero-order valence-electron chi connectivity index (χ0n) is 12.0. The minimum absolute atomic E-state index is 0.204. The SMILES string of the molecule is C/C=C/CCn1c(C)cc2c1CC(C)(C)CC2O. The molecule has 1 unspecified atom stereocenters. The third-order valence-corrected chi connectivity index (χ3v) is 3.96. The van der Waals surface area contributed by atoms with Gasteiger partial charge < -0.3 is 9.67 Å². The van der Waals surface area contributed by atoms with Gasteiger partial charge >= 0.3 is 0 Å². The van der Waals surface area contributed by atoms with Crippen LogP contribution in [0.4, 0.5) is 0 Å². The lowest BCUT2D eigenvalue weighted by Gasteiger charge is -2.34. The Bertz CT molecular complexity index is 454. The number of nitrogens with zero attached hydrogens (tertiary/aromatic N) is 1. The average Bonchev–Trinajstić information content (AvgIpc) is 2.56. The summed E-state index contributed by atoms with van der Waals surface area (Å²) in [5.41, 5.74) is 3.99. The van der Waals surface area contributed by atoms with E-state index in [4.69, 9.17) is 0 Å². The van der Waals surface area contributed by atoms with E-state index in [-0.39, 0.29) is 11.5 Å². The van der Waals surface area contributed by atoms with Crippen molar-refractivity contribution in [1.29, 1.82) is 0 Å². The molecule has 1 heterocycles. The van der Waals surface area contributed by atoms with Crippen molar-refractivity contribution < 1.29 is 5.11 Å². The van der Waals surface area contributed by atoms with E-state index in [0.29, 0.717) is 0 Å². The van der Waals surface area contributed by atoms with Crippen molar-refractivity contribution in [2.45, 2.75) is 59.6 Å². The Labute approximate surface area is 110 Å². The highest BCUT2D eigenvalue weighted by Crippen LogP contribution is 2.41. The number of hydrogen-bond acceptors (Lipinski definition) is 1. The number of rotatable bonds is 3. The van der Waals surface area contributed by atoms with Crippen LogP contribution in [0.3, 0.4) is 0 Å².